The van der Waals surface area contributed by atoms with Gasteiger partial charge >= 0.3 is 0 Å². The summed E-state index contributed by atoms with van der Waals surface area (Å²) in [5, 5.41) is 0.689. The summed E-state index contributed by atoms with van der Waals surface area (Å²) in [4.78, 5) is 29.8. The number of carbonyl (C=O) groups is 2. The monoisotopic (exact) mass is 450 g/mol. The van der Waals surface area contributed by atoms with Gasteiger partial charge in [-0.05, 0) is 67.4 Å². The minimum atomic E-state index is 0.0669. The molecule has 0 bridgehead atoms. The van der Waals surface area contributed by atoms with E-state index in [2.05, 4.69) is 12.1 Å². The summed E-state index contributed by atoms with van der Waals surface area (Å²) in [7, 11) is 0. The van der Waals surface area contributed by atoms with Crippen LogP contribution in [0.4, 0.5) is 0 Å². The van der Waals surface area contributed by atoms with Gasteiger partial charge in [-0.2, -0.15) is 0 Å². The van der Waals surface area contributed by atoms with E-state index in [4.69, 9.17) is 11.6 Å². The van der Waals surface area contributed by atoms with Gasteiger partial charge in [0, 0.05) is 43.2 Å². The fourth-order valence-corrected chi connectivity index (χ4v) is 5.11. The van der Waals surface area contributed by atoms with Crippen LogP contribution in [-0.2, 0) is 16.0 Å². The SMILES string of the molecule is O=C(CCCc1ccccc1)N1CC[C@H]2[C@H](CCCN2C(=O)/C=C/c2ccc(Cl)cc2)C1. The number of benzene rings is 2. The Morgan fingerprint density at radius 3 is 2.56 bits per heavy atom. The molecule has 0 aromatic heterocycles. The lowest BCUT2D eigenvalue weighted by Gasteiger charge is -2.47. The maximum atomic E-state index is 12.9. The normalized spacial score (nSPS) is 20.9. The molecule has 2 saturated heterocycles. The maximum absolute atomic E-state index is 12.9. The van der Waals surface area contributed by atoms with Gasteiger partial charge in [0.05, 0.1) is 0 Å². The molecular formula is C27H31ClN2O2. The summed E-state index contributed by atoms with van der Waals surface area (Å²) >= 11 is 5.94. The molecule has 2 aromatic carbocycles. The van der Waals surface area contributed by atoms with Crippen molar-refractivity contribution in [1.29, 1.82) is 0 Å². The first kappa shape index (κ1) is 22.6. The molecule has 4 rings (SSSR count). The van der Waals surface area contributed by atoms with Crippen molar-refractivity contribution in [2.24, 2.45) is 5.92 Å². The molecule has 32 heavy (non-hydrogen) atoms. The van der Waals surface area contributed by atoms with E-state index in [9.17, 15) is 9.59 Å². The van der Waals surface area contributed by atoms with Crippen molar-refractivity contribution in [3.8, 4) is 0 Å². The molecule has 0 saturated carbocycles. The number of nitrogens with zero attached hydrogens (tertiary/aromatic N) is 2. The van der Waals surface area contributed by atoms with E-state index in [1.807, 2.05) is 58.3 Å². The van der Waals surface area contributed by atoms with Gasteiger partial charge in [-0.25, -0.2) is 0 Å². The molecule has 2 aromatic rings. The number of amides is 2. The largest absolute Gasteiger partial charge is 0.342 e. The molecule has 0 N–H and O–H groups in total. The molecule has 2 fully saturated rings. The van der Waals surface area contributed by atoms with Crippen LogP contribution in [0.25, 0.3) is 6.08 Å². The highest BCUT2D eigenvalue weighted by Gasteiger charge is 2.38. The molecule has 0 aliphatic carbocycles. The van der Waals surface area contributed by atoms with Crippen molar-refractivity contribution >= 4 is 29.5 Å². The predicted molar refractivity (Wildman–Crippen MR) is 129 cm³/mol. The van der Waals surface area contributed by atoms with Crippen molar-refractivity contribution in [1.82, 2.24) is 9.80 Å². The smallest absolute Gasteiger partial charge is 0.246 e. The Morgan fingerprint density at radius 2 is 1.78 bits per heavy atom. The van der Waals surface area contributed by atoms with Crippen LogP contribution in [0.5, 0.6) is 0 Å². The molecule has 2 heterocycles. The zero-order valence-corrected chi connectivity index (χ0v) is 19.2. The minimum absolute atomic E-state index is 0.0669. The molecule has 2 amide bonds. The number of hydrogen-bond donors (Lipinski definition) is 0. The van der Waals surface area contributed by atoms with Crippen LogP contribution in [0.3, 0.4) is 0 Å². The third-order valence-corrected chi connectivity index (χ3v) is 6.94. The van der Waals surface area contributed by atoms with Gasteiger partial charge in [0.1, 0.15) is 0 Å². The zero-order chi connectivity index (χ0) is 22.3. The Kier molecular flexibility index (Phi) is 7.64. The molecule has 2 atom stereocenters. The van der Waals surface area contributed by atoms with E-state index in [1.165, 1.54) is 5.56 Å². The second-order valence-electron chi connectivity index (χ2n) is 8.85. The number of rotatable bonds is 6. The Hall–Kier alpha value is -2.59. The van der Waals surface area contributed by atoms with Crippen molar-refractivity contribution in [2.75, 3.05) is 19.6 Å². The fraction of sp³-hybridized carbons (Fsp3) is 0.407. The second-order valence-corrected chi connectivity index (χ2v) is 9.29. The van der Waals surface area contributed by atoms with Crippen LogP contribution in [0.1, 0.15) is 43.2 Å². The number of halogens is 1. The number of carbonyl (C=O) groups excluding carboxylic acids is 2. The lowest BCUT2D eigenvalue weighted by atomic mass is 9.83. The highest BCUT2D eigenvalue weighted by atomic mass is 35.5. The van der Waals surface area contributed by atoms with E-state index >= 15 is 0 Å². The second kappa shape index (κ2) is 10.8. The number of aryl methyl sites for hydroxylation is 1. The summed E-state index contributed by atoms with van der Waals surface area (Å²) in [6, 6.07) is 18.1. The van der Waals surface area contributed by atoms with E-state index < -0.39 is 0 Å². The molecule has 2 aliphatic rings. The molecular weight excluding hydrogens is 420 g/mol. The van der Waals surface area contributed by atoms with Gasteiger partial charge < -0.3 is 9.80 Å². The Labute approximate surface area is 195 Å². The standard InChI is InChI=1S/C27H31ClN2O2/c28-24-14-11-22(12-15-24)13-16-27(32)30-18-5-9-23-20-29(19-17-25(23)30)26(31)10-4-8-21-6-2-1-3-7-21/h1-3,6-7,11-16,23,25H,4-5,8-10,17-20H2/b16-13+/t23-,25+/m1/s1. The Morgan fingerprint density at radius 1 is 1.00 bits per heavy atom. The molecule has 4 nitrogen and oxygen atoms in total. The topological polar surface area (TPSA) is 40.6 Å². The first-order valence-electron chi connectivity index (χ1n) is 11.7. The molecule has 5 heteroatoms. The molecule has 2 aliphatic heterocycles. The average molecular weight is 451 g/mol. The van der Waals surface area contributed by atoms with Gasteiger partial charge in [0.25, 0.3) is 0 Å². The number of hydrogen-bond acceptors (Lipinski definition) is 2. The zero-order valence-electron chi connectivity index (χ0n) is 18.5. The first-order valence-corrected chi connectivity index (χ1v) is 12.0. The van der Waals surface area contributed by atoms with Crippen molar-refractivity contribution in [3.05, 3.63) is 76.8 Å². The number of likely N-dealkylation sites (tertiary alicyclic amines) is 2. The fourth-order valence-electron chi connectivity index (χ4n) is 4.99. The van der Waals surface area contributed by atoms with Crippen molar-refractivity contribution < 1.29 is 9.59 Å². The number of piperidine rings is 2. The van der Waals surface area contributed by atoms with Crippen LogP contribution >= 0.6 is 11.6 Å². The van der Waals surface area contributed by atoms with Gasteiger partial charge in [-0.15, -0.1) is 0 Å². The molecule has 0 spiro atoms. The maximum Gasteiger partial charge on any atom is 0.246 e. The minimum Gasteiger partial charge on any atom is -0.342 e. The van der Waals surface area contributed by atoms with Gasteiger partial charge in [-0.1, -0.05) is 54.1 Å². The van der Waals surface area contributed by atoms with Crippen LogP contribution in [0, 0.1) is 5.92 Å². The summed E-state index contributed by atoms with van der Waals surface area (Å²) < 4.78 is 0. The van der Waals surface area contributed by atoms with Crippen LogP contribution in [0.2, 0.25) is 5.02 Å². The van der Waals surface area contributed by atoms with Gasteiger partial charge in [0.2, 0.25) is 11.8 Å². The van der Waals surface area contributed by atoms with E-state index in [1.54, 1.807) is 6.08 Å². The van der Waals surface area contributed by atoms with Gasteiger partial charge in [0.15, 0.2) is 0 Å². The van der Waals surface area contributed by atoms with E-state index in [-0.39, 0.29) is 17.9 Å². The quantitative estimate of drug-likeness (QED) is 0.566. The third kappa shape index (κ3) is 5.80. The highest BCUT2D eigenvalue weighted by molar-refractivity contribution is 6.30. The Bertz CT molecular complexity index is 942. The van der Waals surface area contributed by atoms with Crippen molar-refractivity contribution in [2.45, 2.75) is 44.6 Å². The highest BCUT2D eigenvalue weighted by Crippen LogP contribution is 2.31. The van der Waals surface area contributed by atoms with Crippen LogP contribution in [-0.4, -0.2) is 47.3 Å². The van der Waals surface area contributed by atoms with Crippen molar-refractivity contribution in [3.63, 3.8) is 0 Å². The lowest BCUT2D eigenvalue weighted by Crippen LogP contribution is -2.56. The van der Waals surface area contributed by atoms with Crippen LogP contribution < -0.4 is 0 Å². The first-order chi connectivity index (χ1) is 15.6. The van der Waals surface area contributed by atoms with Gasteiger partial charge in [-0.3, -0.25) is 9.59 Å². The van der Waals surface area contributed by atoms with E-state index in [0.29, 0.717) is 17.4 Å². The summed E-state index contributed by atoms with van der Waals surface area (Å²) in [6.45, 7) is 2.32. The number of fused-ring (bicyclic) bond motifs is 1. The predicted octanol–water partition coefficient (Wildman–Crippen LogP) is 5.22. The summed E-state index contributed by atoms with van der Waals surface area (Å²) in [5.41, 5.74) is 2.25. The molecule has 0 unspecified atom stereocenters. The lowest BCUT2D eigenvalue weighted by molar-refractivity contribution is -0.138. The Balaban J connectivity index is 1.29. The summed E-state index contributed by atoms with van der Waals surface area (Å²) in [5.74, 6) is 0.700. The van der Waals surface area contributed by atoms with E-state index in [0.717, 1.165) is 57.3 Å². The van der Waals surface area contributed by atoms with Crippen LogP contribution in [0.15, 0.2) is 60.7 Å². The third-order valence-electron chi connectivity index (χ3n) is 6.69. The molecule has 168 valence electrons. The average Bonchev–Trinajstić information content (AvgIpc) is 2.83. The molecule has 0 radical (unpaired) electrons. The summed E-state index contributed by atoms with van der Waals surface area (Å²) in [6.07, 6.45) is 8.90.